The highest BCUT2D eigenvalue weighted by Gasteiger charge is 2.44. The number of guanidine groups is 2. The number of nitrogens with one attached hydrogen (secondary N) is 1. The van der Waals surface area contributed by atoms with Gasteiger partial charge in [-0.05, 0) is 73.6 Å². The second-order valence-electron chi connectivity index (χ2n) is 15.2. The minimum Gasteiger partial charge on any atom is -0.495 e. The number of H-pyrrole nitrogens is 1. The van der Waals surface area contributed by atoms with Crippen LogP contribution < -0.4 is 14.5 Å². The van der Waals surface area contributed by atoms with Gasteiger partial charge in [0.2, 0.25) is 11.9 Å². The maximum Gasteiger partial charge on any atom is 0.281 e. The molecule has 6 heterocycles. The zero-order valence-corrected chi connectivity index (χ0v) is 35.5. The van der Waals surface area contributed by atoms with Gasteiger partial charge in [-0.3, -0.25) is 29.2 Å². The topological polar surface area (TPSA) is 128 Å². The Morgan fingerprint density at radius 3 is 1.89 bits per heavy atom. The Kier molecular flexibility index (Phi) is 11.3. The molecule has 0 aliphatic carbocycles. The van der Waals surface area contributed by atoms with Crippen LogP contribution in [0.15, 0.2) is 126 Å². The number of carbonyl (C=O) groups is 2. The van der Waals surface area contributed by atoms with Crippen molar-refractivity contribution in [3.8, 4) is 17.6 Å². The van der Waals surface area contributed by atoms with Crippen molar-refractivity contribution < 1.29 is 14.3 Å². The highest BCUT2D eigenvalue weighted by atomic mass is 35.5. The lowest BCUT2D eigenvalue weighted by atomic mass is 10.1. The number of nitrogens with zero attached hydrogens (tertiary/aromatic N) is 9. The van der Waals surface area contributed by atoms with E-state index in [0.29, 0.717) is 71.8 Å². The van der Waals surface area contributed by atoms with Crippen LogP contribution in [-0.4, -0.2) is 98.4 Å². The molecule has 4 aliphatic rings. The number of fused-ring (bicyclic) bond motifs is 6. The Morgan fingerprint density at radius 2 is 1.31 bits per heavy atom. The van der Waals surface area contributed by atoms with Gasteiger partial charge in [0.15, 0.2) is 23.2 Å². The highest BCUT2D eigenvalue weighted by molar-refractivity contribution is 6.32. The number of ether oxygens (including phenoxy) is 1. The third-order valence-electron chi connectivity index (χ3n) is 11.2. The quantitative estimate of drug-likeness (QED) is 0.157. The number of anilines is 2. The molecule has 312 valence electrons. The van der Waals surface area contributed by atoms with Crippen molar-refractivity contribution in [2.45, 2.75) is 45.3 Å². The number of hydrogen-bond donors (Lipinski definition) is 1. The van der Waals surface area contributed by atoms with Crippen LogP contribution in [0.4, 0.5) is 11.6 Å². The van der Waals surface area contributed by atoms with E-state index in [2.05, 4.69) is 51.0 Å². The number of carbonyl (C=O) groups excluding carboxylic acids is 2. The van der Waals surface area contributed by atoms with E-state index in [-0.39, 0.29) is 23.9 Å². The maximum atomic E-state index is 14.0. The van der Waals surface area contributed by atoms with Crippen molar-refractivity contribution in [3.63, 3.8) is 0 Å². The standard InChI is InChI=1S/C32H28ClN5O2.C16H17N5O/c1-3-36-31(39)29-30(38-21-25(34-32(36)38)18-23-12-8-5-9-13-23)35-28(17-15-22-10-6-4-7-11-22)37(29)20-24-14-16-27(40-2)26(33)19-24;1-2-20-15(22)13-14(18-10-17-13)21-9-12(19-16(20)21)8-11-6-4-3-5-7-11/h4-14,16,19,25H,3,18,20-21H2,1-2H3;3-7,10,12H,2,8-9H2,1H3,(H,17,18)/t25-;12-/m11/s1. The molecule has 0 bridgehead atoms. The summed E-state index contributed by atoms with van der Waals surface area (Å²) >= 11 is 6.45. The first-order chi connectivity index (χ1) is 30.3. The Bertz CT molecular complexity index is 2740. The van der Waals surface area contributed by atoms with Gasteiger partial charge in [-0.25, -0.2) is 20.0 Å². The number of hydrogen-bond acceptors (Lipinski definition) is 9. The van der Waals surface area contributed by atoms with Crippen molar-refractivity contribution >= 4 is 47.0 Å². The van der Waals surface area contributed by atoms with E-state index in [1.54, 1.807) is 23.2 Å². The van der Waals surface area contributed by atoms with Gasteiger partial charge in [0.05, 0.1) is 50.2 Å². The van der Waals surface area contributed by atoms with Gasteiger partial charge in [0, 0.05) is 18.7 Å². The first kappa shape index (κ1) is 40.2. The van der Waals surface area contributed by atoms with Crippen LogP contribution in [0.25, 0.3) is 0 Å². The van der Waals surface area contributed by atoms with Gasteiger partial charge in [-0.1, -0.05) is 102 Å². The summed E-state index contributed by atoms with van der Waals surface area (Å²) < 4.78 is 7.23. The molecule has 0 saturated carbocycles. The zero-order valence-electron chi connectivity index (χ0n) is 34.7. The second-order valence-corrected chi connectivity index (χ2v) is 15.7. The Morgan fingerprint density at radius 1 is 0.726 bits per heavy atom. The summed E-state index contributed by atoms with van der Waals surface area (Å²) in [4.78, 5) is 56.0. The summed E-state index contributed by atoms with van der Waals surface area (Å²) in [5.74, 6) is 10.1. The average molecular weight is 845 g/mol. The number of halogens is 1. The van der Waals surface area contributed by atoms with E-state index in [9.17, 15) is 9.59 Å². The van der Waals surface area contributed by atoms with E-state index in [1.807, 2.05) is 108 Å². The summed E-state index contributed by atoms with van der Waals surface area (Å²) in [6.07, 6.45) is 3.23. The third-order valence-corrected chi connectivity index (χ3v) is 11.5. The molecule has 4 aromatic carbocycles. The van der Waals surface area contributed by atoms with E-state index in [4.69, 9.17) is 31.3 Å². The van der Waals surface area contributed by atoms with Crippen molar-refractivity contribution in [1.82, 2.24) is 29.3 Å². The molecule has 0 fully saturated rings. The van der Waals surface area contributed by atoms with Crippen LogP contribution in [-0.2, 0) is 19.4 Å². The Labute approximate surface area is 365 Å². The predicted octanol–water partition coefficient (Wildman–Crippen LogP) is 6.93. The molecular formula is C48H45ClN10O3. The summed E-state index contributed by atoms with van der Waals surface area (Å²) in [5.41, 5.74) is 5.31. The second kappa shape index (κ2) is 17.4. The zero-order chi connectivity index (χ0) is 42.7. The molecule has 10 rings (SSSR count). The molecule has 1 N–H and O–H groups in total. The molecular weight excluding hydrogens is 800 g/mol. The molecule has 13 nitrogen and oxygen atoms in total. The van der Waals surface area contributed by atoms with Gasteiger partial charge in [0.1, 0.15) is 11.4 Å². The summed E-state index contributed by atoms with van der Waals surface area (Å²) in [6.45, 7) is 6.80. The lowest BCUT2D eigenvalue weighted by Gasteiger charge is -2.33. The molecule has 62 heavy (non-hydrogen) atoms. The summed E-state index contributed by atoms with van der Waals surface area (Å²) in [7, 11) is 1.59. The van der Waals surface area contributed by atoms with Crippen molar-refractivity contribution in [1.29, 1.82) is 0 Å². The number of imidazole rings is 2. The largest absolute Gasteiger partial charge is 0.495 e. The number of benzene rings is 4. The van der Waals surface area contributed by atoms with Gasteiger partial charge in [0.25, 0.3) is 11.8 Å². The molecule has 14 heteroatoms. The van der Waals surface area contributed by atoms with Gasteiger partial charge < -0.3 is 14.3 Å². The number of aromatic amines is 1. The molecule has 4 aliphatic heterocycles. The van der Waals surface area contributed by atoms with E-state index in [1.165, 1.54) is 11.1 Å². The third kappa shape index (κ3) is 7.81. The molecule has 0 unspecified atom stereocenters. The number of aromatic nitrogens is 4. The fourth-order valence-electron chi connectivity index (χ4n) is 8.31. The van der Waals surface area contributed by atoms with E-state index < -0.39 is 0 Å². The molecule has 6 aromatic rings. The molecule has 0 spiro atoms. The van der Waals surface area contributed by atoms with Crippen LogP contribution in [0.3, 0.4) is 0 Å². The summed E-state index contributed by atoms with van der Waals surface area (Å²) in [6, 6.07) is 36.1. The first-order valence-electron chi connectivity index (χ1n) is 20.8. The van der Waals surface area contributed by atoms with Crippen molar-refractivity contribution in [2.24, 2.45) is 9.98 Å². The van der Waals surface area contributed by atoms with Gasteiger partial charge >= 0.3 is 0 Å². The summed E-state index contributed by atoms with van der Waals surface area (Å²) in [5, 5.41) is 0.505. The number of methoxy groups -OCH3 is 1. The monoisotopic (exact) mass is 844 g/mol. The Balaban J connectivity index is 0.000000187. The molecule has 2 atom stereocenters. The van der Waals surface area contributed by atoms with Gasteiger partial charge in [-0.15, -0.1) is 0 Å². The predicted molar refractivity (Wildman–Crippen MR) is 241 cm³/mol. The maximum absolute atomic E-state index is 14.0. The fraction of sp³-hybridized carbons (Fsp3) is 0.250. The van der Waals surface area contributed by atoms with Crippen LogP contribution in [0.1, 0.15) is 62.9 Å². The van der Waals surface area contributed by atoms with Crippen LogP contribution in [0.2, 0.25) is 5.02 Å². The Hall–Kier alpha value is -7.17. The van der Waals surface area contributed by atoms with Crippen LogP contribution in [0, 0.1) is 11.8 Å². The normalized spacial score (nSPS) is 17.2. The van der Waals surface area contributed by atoms with Crippen molar-refractivity contribution in [3.05, 3.63) is 160 Å². The smallest absolute Gasteiger partial charge is 0.281 e. The minimum atomic E-state index is -0.132. The molecule has 2 amide bonds. The fourth-order valence-corrected chi connectivity index (χ4v) is 8.59. The minimum absolute atomic E-state index is 0.00889. The van der Waals surface area contributed by atoms with E-state index >= 15 is 0 Å². The molecule has 2 aromatic heterocycles. The lowest BCUT2D eigenvalue weighted by molar-refractivity contribution is 0.0830. The average Bonchev–Trinajstić information content (AvgIpc) is 4.11. The lowest BCUT2D eigenvalue weighted by Crippen LogP contribution is -2.50. The first-order valence-corrected chi connectivity index (χ1v) is 21.2. The van der Waals surface area contributed by atoms with Crippen LogP contribution >= 0.6 is 11.6 Å². The molecule has 0 saturated heterocycles. The number of aliphatic imine (C=N–C) groups is 2. The molecule has 0 radical (unpaired) electrons. The van der Waals surface area contributed by atoms with Crippen LogP contribution in [0.5, 0.6) is 5.75 Å². The number of rotatable bonds is 9. The number of amides is 2. The SMILES string of the molecule is CCN1C(=O)c2[nH]cnc2N2C[C@@H](Cc3ccccc3)N=C12.CCN1C(=O)c2c(nc(C#Cc3ccccc3)n2Cc2ccc(OC)c(Cl)c2)N2C[C@@H](Cc3ccccc3)N=C12. The van der Waals surface area contributed by atoms with Crippen molar-refractivity contribution in [2.75, 3.05) is 43.1 Å². The highest BCUT2D eigenvalue weighted by Crippen LogP contribution is 2.35. The van der Waals surface area contributed by atoms with E-state index in [0.717, 1.165) is 36.5 Å². The van der Waals surface area contributed by atoms with Gasteiger partial charge in [-0.2, -0.15) is 0 Å².